The summed E-state index contributed by atoms with van der Waals surface area (Å²) in [7, 11) is 0. The molecule has 0 radical (unpaired) electrons. The molecule has 2 heterocycles. The predicted molar refractivity (Wildman–Crippen MR) is 73.7 cm³/mol. The van der Waals surface area contributed by atoms with Crippen LogP contribution >= 0.6 is 0 Å². The van der Waals surface area contributed by atoms with E-state index >= 15 is 0 Å². The molecule has 18 heavy (non-hydrogen) atoms. The van der Waals surface area contributed by atoms with Gasteiger partial charge in [0.15, 0.2) is 0 Å². The normalized spacial score (nSPS) is 11.2. The monoisotopic (exact) mass is 239 g/mol. The number of rotatable bonds is 3. The minimum atomic E-state index is 0.834. The molecule has 1 aromatic carbocycles. The molecule has 3 nitrogen and oxygen atoms in total. The smallest absolute Gasteiger partial charge is 0.128 e. The molecule has 2 aromatic heterocycles. The lowest BCUT2D eigenvalue weighted by Gasteiger charge is -2.09. The lowest BCUT2D eigenvalue weighted by Crippen LogP contribution is -2.08. The molecule has 3 rings (SSSR count). The van der Waals surface area contributed by atoms with Gasteiger partial charge in [-0.15, -0.1) is 0 Å². The lowest BCUT2D eigenvalue weighted by molar-refractivity contribution is 0.654. The van der Waals surface area contributed by atoms with Crippen molar-refractivity contribution in [2.45, 2.75) is 26.9 Å². The molecule has 0 aliphatic rings. The summed E-state index contributed by atoms with van der Waals surface area (Å²) in [6, 6.07) is 10.7. The number of para-hydroxylation sites is 1. The van der Waals surface area contributed by atoms with Crippen molar-refractivity contribution in [1.29, 1.82) is 0 Å². The summed E-state index contributed by atoms with van der Waals surface area (Å²) in [6.45, 7) is 6.10. The first-order valence-corrected chi connectivity index (χ1v) is 6.34. The quantitative estimate of drug-likeness (QED) is 0.688. The van der Waals surface area contributed by atoms with Crippen LogP contribution in [0.4, 0.5) is 0 Å². The highest BCUT2D eigenvalue weighted by molar-refractivity contribution is 5.81. The Kier molecular flexibility index (Phi) is 2.67. The minimum absolute atomic E-state index is 0.834. The van der Waals surface area contributed by atoms with Gasteiger partial charge in [0.2, 0.25) is 0 Å². The Morgan fingerprint density at radius 3 is 2.89 bits per heavy atom. The molecular weight excluding hydrogens is 222 g/mol. The Labute approximate surface area is 107 Å². The van der Waals surface area contributed by atoms with E-state index in [-0.39, 0.29) is 0 Å². The molecule has 3 aromatic rings. The van der Waals surface area contributed by atoms with E-state index in [2.05, 4.69) is 58.3 Å². The van der Waals surface area contributed by atoms with E-state index in [1.54, 1.807) is 0 Å². The molecule has 0 N–H and O–H groups in total. The first kappa shape index (κ1) is 11.1. The van der Waals surface area contributed by atoms with Crippen LogP contribution < -0.4 is 0 Å². The van der Waals surface area contributed by atoms with Crippen molar-refractivity contribution in [2.24, 2.45) is 0 Å². The molecule has 0 saturated heterocycles. The second-order valence-electron chi connectivity index (χ2n) is 4.56. The number of fused-ring (bicyclic) bond motifs is 1. The van der Waals surface area contributed by atoms with Crippen molar-refractivity contribution in [3.63, 3.8) is 0 Å². The Morgan fingerprint density at radius 2 is 2.06 bits per heavy atom. The summed E-state index contributed by atoms with van der Waals surface area (Å²) in [5, 5.41) is 1.30. The maximum absolute atomic E-state index is 4.45. The number of nitrogens with zero attached hydrogens (tertiary/aromatic N) is 3. The number of aromatic nitrogens is 3. The van der Waals surface area contributed by atoms with Gasteiger partial charge >= 0.3 is 0 Å². The Balaban J connectivity index is 2.07. The first-order valence-electron chi connectivity index (χ1n) is 6.34. The Bertz CT molecular complexity index is 676. The SMILES string of the molecule is CCn1ccnc1Cn1c(C)cc2ccccc21. The molecule has 0 unspecified atom stereocenters. The first-order chi connectivity index (χ1) is 8.79. The molecule has 0 fully saturated rings. The van der Waals surface area contributed by atoms with Gasteiger partial charge < -0.3 is 9.13 Å². The van der Waals surface area contributed by atoms with Crippen LogP contribution in [-0.4, -0.2) is 14.1 Å². The van der Waals surface area contributed by atoms with E-state index in [0.29, 0.717) is 0 Å². The van der Waals surface area contributed by atoms with Gasteiger partial charge in [-0.1, -0.05) is 18.2 Å². The van der Waals surface area contributed by atoms with Crippen LogP contribution in [0.2, 0.25) is 0 Å². The van der Waals surface area contributed by atoms with Crippen LogP contribution in [0.15, 0.2) is 42.7 Å². The van der Waals surface area contributed by atoms with Crippen molar-refractivity contribution < 1.29 is 0 Å². The van der Waals surface area contributed by atoms with Crippen LogP contribution in [0.5, 0.6) is 0 Å². The molecule has 0 amide bonds. The fourth-order valence-electron chi connectivity index (χ4n) is 2.48. The molecular formula is C15H17N3. The molecule has 0 spiro atoms. The number of aryl methyl sites for hydroxylation is 2. The summed E-state index contributed by atoms with van der Waals surface area (Å²) >= 11 is 0. The Morgan fingerprint density at radius 1 is 1.22 bits per heavy atom. The average molecular weight is 239 g/mol. The summed E-state index contributed by atoms with van der Waals surface area (Å²) in [4.78, 5) is 4.45. The van der Waals surface area contributed by atoms with Crippen molar-refractivity contribution in [2.75, 3.05) is 0 Å². The highest BCUT2D eigenvalue weighted by atomic mass is 15.1. The summed E-state index contributed by atoms with van der Waals surface area (Å²) in [5.41, 5.74) is 2.56. The molecule has 0 saturated carbocycles. The third-order valence-corrected chi connectivity index (χ3v) is 3.46. The molecule has 0 aliphatic heterocycles. The van der Waals surface area contributed by atoms with E-state index in [0.717, 1.165) is 18.9 Å². The standard InChI is InChI=1S/C15H17N3/c1-3-17-9-8-16-15(17)11-18-12(2)10-13-6-4-5-7-14(13)18/h4-10H,3,11H2,1-2H3. The highest BCUT2D eigenvalue weighted by Gasteiger charge is 2.08. The van der Waals surface area contributed by atoms with Crippen LogP contribution in [-0.2, 0) is 13.1 Å². The number of imidazole rings is 1. The number of benzene rings is 1. The molecule has 92 valence electrons. The van der Waals surface area contributed by atoms with Gasteiger partial charge in [-0.05, 0) is 31.4 Å². The zero-order valence-corrected chi connectivity index (χ0v) is 10.8. The summed E-state index contributed by atoms with van der Waals surface area (Å²) < 4.78 is 4.51. The molecule has 0 bridgehead atoms. The van der Waals surface area contributed by atoms with Crippen LogP contribution in [0.1, 0.15) is 18.4 Å². The van der Waals surface area contributed by atoms with Crippen LogP contribution in [0.25, 0.3) is 10.9 Å². The second kappa shape index (κ2) is 4.33. The summed E-state index contributed by atoms with van der Waals surface area (Å²) in [6.07, 6.45) is 3.91. The van der Waals surface area contributed by atoms with E-state index in [9.17, 15) is 0 Å². The summed E-state index contributed by atoms with van der Waals surface area (Å²) in [5.74, 6) is 1.11. The third-order valence-electron chi connectivity index (χ3n) is 3.46. The van der Waals surface area contributed by atoms with Crippen LogP contribution in [0, 0.1) is 6.92 Å². The van der Waals surface area contributed by atoms with Crippen molar-refractivity contribution in [1.82, 2.24) is 14.1 Å². The van der Waals surface area contributed by atoms with E-state index in [1.165, 1.54) is 16.6 Å². The lowest BCUT2D eigenvalue weighted by atomic mass is 10.2. The van der Waals surface area contributed by atoms with Gasteiger partial charge in [0.1, 0.15) is 5.82 Å². The van der Waals surface area contributed by atoms with Gasteiger partial charge in [-0.3, -0.25) is 0 Å². The van der Waals surface area contributed by atoms with Gasteiger partial charge in [0, 0.05) is 30.1 Å². The van der Waals surface area contributed by atoms with Crippen molar-refractivity contribution >= 4 is 10.9 Å². The molecule has 3 heteroatoms. The van der Waals surface area contributed by atoms with Gasteiger partial charge in [-0.2, -0.15) is 0 Å². The highest BCUT2D eigenvalue weighted by Crippen LogP contribution is 2.20. The fourth-order valence-corrected chi connectivity index (χ4v) is 2.48. The maximum Gasteiger partial charge on any atom is 0.128 e. The second-order valence-corrected chi connectivity index (χ2v) is 4.56. The number of hydrogen-bond acceptors (Lipinski definition) is 1. The van der Waals surface area contributed by atoms with E-state index in [4.69, 9.17) is 0 Å². The zero-order valence-electron chi connectivity index (χ0n) is 10.8. The van der Waals surface area contributed by atoms with Gasteiger partial charge in [0.25, 0.3) is 0 Å². The van der Waals surface area contributed by atoms with Gasteiger partial charge in [-0.25, -0.2) is 4.98 Å². The zero-order chi connectivity index (χ0) is 12.5. The molecule has 0 aliphatic carbocycles. The topological polar surface area (TPSA) is 22.8 Å². The average Bonchev–Trinajstić information content (AvgIpc) is 2.95. The maximum atomic E-state index is 4.45. The number of hydrogen-bond donors (Lipinski definition) is 0. The van der Waals surface area contributed by atoms with E-state index in [1.807, 2.05) is 12.4 Å². The Hall–Kier alpha value is -2.03. The van der Waals surface area contributed by atoms with Crippen LogP contribution in [0.3, 0.4) is 0 Å². The molecule has 0 atom stereocenters. The fraction of sp³-hybridized carbons (Fsp3) is 0.267. The van der Waals surface area contributed by atoms with E-state index < -0.39 is 0 Å². The largest absolute Gasteiger partial charge is 0.337 e. The van der Waals surface area contributed by atoms with Gasteiger partial charge in [0.05, 0.1) is 6.54 Å². The van der Waals surface area contributed by atoms with Crippen molar-refractivity contribution in [3.8, 4) is 0 Å². The third kappa shape index (κ3) is 1.72. The van der Waals surface area contributed by atoms with Crippen molar-refractivity contribution in [3.05, 3.63) is 54.2 Å². The predicted octanol–water partition coefficient (Wildman–Crippen LogP) is 3.21. The minimum Gasteiger partial charge on any atom is -0.337 e.